The minimum atomic E-state index is 0. The molecule has 0 spiro atoms. The van der Waals surface area contributed by atoms with Crippen LogP contribution >= 0.6 is 11.8 Å². The number of ketones is 1. The van der Waals surface area contributed by atoms with Gasteiger partial charge in [-0.15, -0.1) is 11.8 Å². The first-order chi connectivity index (χ1) is 4.22. The van der Waals surface area contributed by atoms with Crippen LogP contribution in [-0.4, -0.2) is 35.4 Å². The summed E-state index contributed by atoms with van der Waals surface area (Å²) in [6.07, 6.45) is 0. The minimum absolute atomic E-state index is 0. The second kappa shape index (κ2) is 5.61. The number of hydrogen-bond donors (Lipinski definition) is 0. The highest BCUT2D eigenvalue weighted by Gasteiger charge is 2.24. The van der Waals surface area contributed by atoms with Crippen LogP contribution < -0.4 is 0 Å². The summed E-state index contributed by atoms with van der Waals surface area (Å²) < 4.78 is 0. The zero-order valence-electron chi connectivity index (χ0n) is 5.76. The summed E-state index contributed by atoms with van der Waals surface area (Å²) in [6, 6.07) is 0.190. The van der Waals surface area contributed by atoms with Gasteiger partial charge in [0, 0.05) is 11.6 Å². The maximum atomic E-state index is 10.8. The van der Waals surface area contributed by atoms with E-state index in [2.05, 4.69) is 4.90 Å². The van der Waals surface area contributed by atoms with Gasteiger partial charge in [-0.1, -0.05) is 14.9 Å². The Morgan fingerprint density at radius 3 is 2.27 bits per heavy atom. The molecule has 11 heavy (non-hydrogen) atoms. The van der Waals surface area contributed by atoms with Gasteiger partial charge in [-0.25, -0.2) is 0 Å². The van der Waals surface area contributed by atoms with E-state index >= 15 is 0 Å². The second-order valence-electron chi connectivity index (χ2n) is 2.38. The predicted octanol–water partition coefficient (Wildman–Crippen LogP) is 1.85. The maximum Gasteiger partial charge on any atom is 0.147 e. The maximum absolute atomic E-state index is 10.8. The molecule has 2 nitrogen and oxygen atoms in total. The van der Waals surface area contributed by atoms with Gasteiger partial charge in [-0.2, -0.15) is 0 Å². The lowest BCUT2D eigenvalue weighted by Gasteiger charge is -2.13. The van der Waals surface area contributed by atoms with Gasteiger partial charge in [0.15, 0.2) is 0 Å². The monoisotopic (exact) mass is 177 g/mol. The molecule has 0 bridgehead atoms. The van der Waals surface area contributed by atoms with Gasteiger partial charge in [0.05, 0.1) is 6.04 Å². The van der Waals surface area contributed by atoms with Crippen molar-refractivity contribution in [3.05, 3.63) is 0 Å². The molecule has 1 heterocycles. The highest BCUT2D eigenvalue weighted by atomic mass is 32.2. The van der Waals surface area contributed by atoms with Crippen molar-refractivity contribution in [2.24, 2.45) is 0 Å². The van der Waals surface area contributed by atoms with E-state index in [1.54, 1.807) is 6.92 Å². The molecule has 0 amide bonds. The van der Waals surface area contributed by atoms with E-state index in [0.717, 1.165) is 11.6 Å². The lowest BCUT2D eigenvalue weighted by atomic mass is 10.2. The lowest BCUT2D eigenvalue weighted by molar-refractivity contribution is -0.120. The topological polar surface area (TPSA) is 20.3 Å². The van der Waals surface area contributed by atoms with Crippen molar-refractivity contribution in [2.45, 2.75) is 27.8 Å². The fourth-order valence-corrected chi connectivity index (χ4v) is 2.24. The summed E-state index contributed by atoms with van der Waals surface area (Å²) in [5, 5.41) is 0. The average Bonchev–Trinajstić information content (AvgIpc) is 2.13. The van der Waals surface area contributed by atoms with Gasteiger partial charge in [0.25, 0.3) is 0 Å². The molecule has 0 aliphatic carbocycles. The Kier molecular flexibility index (Phi) is 6.91. The van der Waals surface area contributed by atoms with E-state index in [4.69, 9.17) is 0 Å². The number of likely N-dealkylation sites (N-methyl/N-ethyl adjacent to an activating group) is 1. The zero-order chi connectivity index (χ0) is 6.85. The molecular weight excluding hydrogens is 158 g/mol. The van der Waals surface area contributed by atoms with Gasteiger partial charge >= 0.3 is 0 Å². The van der Waals surface area contributed by atoms with Gasteiger partial charge < -0.3 is 0 Å². The predicted molar refractivity (Wildman–Crippen MR) is 53.0 cm³/mol. The number of thioether (sulfide) groups is 1. The Labute approximate surface area is 74.3 Å². The molecule has 1 fully saturated rings. The van der Waals surface area contributed by atoms with Crippen molar-refractivity contribution in [3.8, 4) is 0 Å². The molecule has 0 unspecified atom stereocenters. The molecule has 0 N–H and O–H groups in total. The normalized spacial score (nSPS) is 23.6. The summed E-state index contributed by atoms with van der Waals surface area (Å²) in [5.41, 5.74) is 0. The van der Waals surface area contributed by atoms with E-state index in [1.807, 2.05) is 18.8 Å². The molecule has 1 rings (SSSR count). The molecule has 1 saturated heterocycles. The number of nitrogens with zero attached hydrogens (tertiary/aromatic N) is 1. The lowest BCUT2D eigenvalue weighted by Crippen LogP contribution is -2.32. The fraction of sp³-hybridized carbons (Fsp3) is 0.875. The van der Waals surface area contributed by atoms with Crippen LogP contribution in [0.3, 0.4) is 0 Å². The van der Waals surface area contributed by atoms with Crippen molar-refractivity contribution in [3.63, 3.8) is 0 Å². The molecule has 0 saturated carbocycles. The molecule has 1 atom stereocenters. The third-order valence-corrected chi connectivity index (χ3v) is 2.71. The molecule has 0 aromatic carbocycles. The Balaban J connectivity index is 0. The Bertz CT molecular complexity index is 127. The summed E-state index contributed by atoms with van der Waals surface area (Å²) in [4.78, 5) is 12.9. The van der Waals surface area contributed by atoms with Crippen LogP contribution in [0.2, 0.25) is 0 Å². The van der Waals surface area contributed by atoms with Crippen LogP contribution in [0.4, 0.5) is 0 Å². The summed E-state index contributed by atoms with van der Waals surface area (Å²) in [6.45, 7) is 1.66. The quantitative estimate of drug-likeness (QED) is 0.609. The first kappa shape index (κ1) is 13.6. The van der Waals surface area contributed by atoms with Crippen LogP contribution in [0.25, 0.3) is 0 Å². The third-order valence-electron chi connectivity index (χ3n) is 1.57. The molecule has 0 aromatic rings. The summed E-state index contributed by atoms with van der Waals surface area (Å²) in [7, 11) is 1.99. The first-order valence-electron chi connectivity index (χ1n) is 3.00. The number of carbonyl (C=O) groups is 1. The standard InChI is InChI=1S/C6H11NOS.2CH4/c1-5(8)6-3-9-4-7(6)2;;/h6H,3-4H2,1-2H3;2*1H4/t6-;;/m1../s1. The SMILES string of the molecule is C.C.CC(=O)[C@H]1CSCN1C. The van der Waals surface area contributed by atoms with Gasteiger partial charge in [0.2, 0.25) is 0 Å². The van der Waals surface area contributed by atoms with Crippen LogP contribution in [0.1, 0.15) is 21.8 Å². The number of carbonyl (C=O) groups excluding carboxylic acids is 1. The van der Waals surface area contributed by atoms with E-state index in [-0.39, 0.29) is 20.9 Å². The van der Waals surface area contributed by atoms with Crippen molar-refractivity contribution in [2.75, 3.05) is 18.7 Å². The average molecular weight is 177 g/mol. The van der Waals surface area contributed by atoms with Crippen LogP contribution in [0, 0.1) is 0 Å². The van der Waals surface area contributed by atoms with Gasteiger partial charge in [0.1, 0.15) is 5.78 Å². The zero-order valence-corrected chi connectivity index (χ0v) is 6.57. The van der Waals surface area contributed by atoms with Gasteiger partial charge in [-0.3, -0.25) is 9.69 Å². The van der Waals surface area contributed by atoms with Crippen molar-refractivity contribution < 1.29 is 4.79 Å². The largest absolute Gasteiger partial charge is 0.298 e. The minimum Gasteiger partial charge on any atom is -0.298 e. The first-order valence-corrected chi connectivity index (χ1v) is 4.15. The second-order valence-corrected chi connectivity index (χ2v) is 3.38. The Morgan fingerprint density at radius 2 is 2.09 bits per heavy atom. The smallest absolute Gasteiger partial charge is 0.147 e. The highest BCUT2D eigenvalue weighted by molar-refractivity contribution is 7.99. The van der Waals surface area contributed by atoms with E-state index in [0.29, 0.717) is 5.78 Å². The summed E-state index contributed by atoms with van der Waals surface area (Å²) >= 11 is 1.82. The van der Waals surface area contributed by atoms with Crippen LogP contribution in [0.15, 0.2) is 0 Å². The van der Waals surface area contributed by atoms with E-state index < -0.39 is 0 Å². The highest BCUT2D eigenvalue weighted by Crippen LogP contribution is 2.18. The molecule has 3 heteroatoms. The summed E-state index contributed by atoms with van der Waals surface area (Å²) in [5.74, 6) is 2.28. The molecule has 1 aliphatic rings. The van der Waals surface area contributed by atoms with Crippen molar-refractivity contribution in [1.82, 2.24) is 4.90 Å². The van der Waals surface area contributed by atoms with Crippen molar-refractivity contribution >= 4 is 17.5 Å². The molecule has 0 radical (unpaired) electrons. The molecular formula is C8H19NOS. The Morgan fingerprint density at radius 1 is 1.55 bits per heavy atom. The van der Waals surface area contributed by atoms with Gasteiger partial charge in [-0.05, 0) is 14.0 Å². The number of rotatable bonds is 1. The Hall–Kier alpha value is -0.0200. The van der Waals surface area contributed by atoms with E-state index in [9.17, 15) is 4.79 Å². The third kappa shape index (κ3) is 3.25. The van der Waals surface area contributed by atoms with Crippen LogP contribution in [-0.2, 0) is 4.79 Å². The number of Topliss-reactive ketones (excluding diaryl/α,β-unsaturated/α-hetero) is 1. The molecule has 0 aromatic heterocycles. The van der Waals surface area contributed by atoms with E-state index in [1.165, 1.54) is 0 Å². The van der Waals surface area contributed by atoms with Crippen molar-refractivity contribution in [1.29, 1.82) is 0 Å². The molecule has 68 valence electrons. The van der Waals surface area contributed by atoms with Crippen LogP contribution in [0.5, 0.6) is 0 Å². The fourth-order valence-electron chi connectivity index (χ4n) is 0.953. The molecule has 1 aliphatic heterocycles. The number of hydrogen-bond acceptors (Lipinski definition) is 3.